The van der Waals surface area contributed by atoms with Crippen LogP contribution in [-0.2, 0) is 4.74 Å². The summed E-state index contributed by atoms with van der Waals surface area (Å²) in [6, 6.07) is 0.392. The molecule has 0 aromatic rings. The Morgan fingerprint density at radius 2 is 2.09 bits per heavy atom. The first kappa shape index (κ1) is 17.5. The second kappa shape index (κ2) is 7.18. The van der Waals surface area contributed by atoms with E-state index in [-0.39, 0.29) is 12.2 Å². The first-order valence-electron chi connectivity index (χ1n) is 8.64. The average molecular weight is 312 g/mol. The molecule has 0 spiro atoms. The zero-order valence-electron chi connectivity index (χ0n) is 14.5. The fraction of sp³-hybridized carbons (Fsp3) is 0.941. The van der Waals surface area contributed by atoms with Crippen molar-refractivity contribution in [3.05, 3.63) is 0 Å². The van der Waals surface area contributed by atoms with Crippen LogP contribution in [0.2, 0.25) is 0 Å². The quantitative estimate of drug-likeness (QED) is 0.837. The van der Waals surface area contributed by atoms with Gasteiger partial charge in [-0.3, -0.25) is 0 Å². The highest BCUT2D eigenvalue weighted by Gasteiger charge is 2.31. The van der Waals surface area contributed by atoms with Gasteiger partial charge in [0.05, 0.1) is 6.10 Å². The van der Waals surface area contributed by atoms with Crippen molar-refractivity contribution in [2.45, 2.75) is 71.1 Å². The Balaban J connectivity index is 1.75. The number of piperidine rings is 1. The number of carbonyl (C=O) groups excluding carboxylic acids is 1. The highest BCUT2D eigenvalue weighted by Crippen LogP contribution is 2.27. The first-order chi connectivity index (χ1) is 10.2. The summed E-state index contributed by atoms with van der Waals surface area (Å²) in [5, 5.41) is 12.9. The Kier molecular flexibility index (Phi) is 5.72. The molecule has 5 heteroatoms. The van der Waals surface area contributed by atoms with Crippen LogP contribution in [0.5, 0.6) is 0 Å². The number of ether oxygens (including phenoxy) is 1. The summed E-state index contributed by atoms with van der Waals surface area (Å²) in [6.45, 7) is 10.5. The number of hydrogen-bond acceptors (Lipinski definition) is 4. The van der Waals surface area contributed by atoms with E-state index in [0.29, 0.717) is 17.9 Å². The summed E-state index contributed by atoms with van der Waals surface area (Å²) in [5.41, 5.74) is -0.432. The zero-order chi connectivity index (χ0) is 16.3. The van der Waals surface area contributed by atoms with Crippen LogP contribution < -0.4 is 5.32 Å². The van der Waals surface area contributed by atoms with Gasteiger partial charge in [-0.25, -0.2) is 4.79 Å². The molecule has 1 amide bonds. The van der Waals surface area contributed by atoms with Crippen LogP contribution in [0, 0.1) is 11.8 Å². The van der Waals surface area contributed by atoms with Crippen LogP contribution in [0.4, 0.5) is 4.79 Å². The minimum atomic E-state index is -0.432. The molecule has 1 heterocycles. The Bertz CT molecular complexity index is 375. The Hall–Kier alpha value is -0.810. The molecule has 5 nitrogen and oxygen atoms in total. The summed E-state index contributed by atoms with van der Waals surface area (Å²) < 4.78 is 5.48. The Morgan fingerprint density at radius 1 is 1.41 bits per heavy atom. The second-order valence-electron chi connectivity index (χ2n) is 8.02. The molecule has 22 heavy (non-hydrogen) atoms. The van der Waals surface area contributed by atoms with Gasteiger partial charge < -0.3 is 20.1 Å². The van der Waals surface area contributed by atoms with Gasteiger partial charge >= 0.3 is 6.09 Å². The number of aliphatic hydroxyl groups excluding tert-OH is 1. The largest absolute Gasteiger partial charge is 0.444 e. The van der Waals surface area contributed by atoms with Gasteiger partial charge in [-0.05, 0) is 71.8 Å². The molecule has 0 aromatic heterocycles. The maximum Gasteiger partial charge on any atom is 0.410 e. The van der Waals surface area contributed by atoms with Crippen LogP contribution in [0.15, 0.2) is 0 Å². The molecule has 128 valence electrons. The third kappa shape index (κ3) is 5.13. The van der Waals surface area contributed by atoms with Crippen molar-refractivity contribution in [1.29, 1.82) is 0 Å². The summed E-state index contributed by atoms with van der Waals surface area (Å²) in [7, 11) is 0. The second-order valence-corrected chi connectivity index (χ2v) is 8.02. The third-order valence-corrected chi connectivity index (χ3v) is 4.76. The Labute approximate surface area is 134 Å². The molecule has 2 fully saturated rings. The summed E-state index contributed by atoms with van der Waals surface area (Å²) >= 11 is 0. The molecule has 1 aliphatic carbocycles. The van der Waals surface area contributed by atoms with Crippen LogP contribution >= 0.6 is 0 Å². The summed E-state index contributed by atoms with van der Waals surface area (Å²) in [5.74, 6) is 1.09. The fourth-order valence-corrected chi connectivity index (χ4v) is 3.30. The van der Waals surface area contributed by atoms with Crippen molar-refractivity contribution in [2.75, 3.05) is 19.6 Å². The lowest BCUT2D eigenvalue weighted by Gasteiger charge is -2.38. The molecule has 0 radical (unpaired) electrons. The molecule has 2 aliphatic rings. The van der Waals surface area contributed by atoms with Crippen molar-refractivity contribution >= 4 is 6.09 Å². The first-order valence-corrected chi connectivity index (χ1v) is 8.64. The molecule has 2 rings (SSSR count). The van der Waals surface area contributed by atoms with E-state index < -0.39 is 5.60 Å². The van der Waals surface area contributed by atoms with Crippen molar-refractivity contribution in [3.8, 4) is 0 Å². The fourth-order valence-electron chi connectivity index (χ4n) is 3.30. The number of carbonyl (C=O) groups is 1. The van der Waals surface area contributed by atoms with Gasteiger partial charge in [0.2, 0.25) is 0 Å². The van der Waals surface area contributed by atoms with E-state index in [4.69, 9.17) is 4.74 Å². The van der Waals surface area contributed by atoms with Gasteiger partial charge in [0, 0.05) is 19.1 Å². The molecule has 2 unspecified atom stereocenters. The van der Waals surface area contributed by atoms with Crippen molar-refractivity contribution in [1.82, 2.24) is 10.2 Å². The van der Waals surface area contributed by atoms with Gasteiger partial charge in [0.1, 0.15) is 5.60 Å². The number of likely N-dealkylation sites (tertiary alicyclic amines) is 1. The predicted molar refractivity (Wildman–Crippen MR) is 86.7 cm³/mol. The predicted octanol–water partition coefficient (Wildman–Crippen LogP) is 2.38. The molecule has 0 bridgehead atoms. The van der Waals surface area contributed by atoms with E-state index in [1.54, 1.807) is 0 Å². The number of aliphatic hydroxyl groups is 1. The smallest absolute Gasteiger partial charge is 0.410 e. The van der Waals surface area contributed by atoms with E-state index in [2.05, 4.69) is 12.2 Å². The molecule has 1 saturated carbocycles. The number of amides is 1. The lowest BCUT2D eigenvalue weighted by atomic mass is 9.82. The zero-order valence-corrected chi connectivity index (χ0v) is 14.5. The minimum absolute atomic E-state index is 0.0838. The van der Waals surface area contributed by atoms with Gasteiger partial charge in [0.15, 0.2) is 0 Å². The molecule has 1 aliphatic heterocycles. The summed E-state index contributed by atoms with van der Waals surface area (Å²) in [6.07, 6.45) is 3.77. The number of rotatable bonds is 4. The molecule has 2 atom stereocenters. The lowest BCUT2D eigenvalue weighted by Crippen LogP contribution is -2.49. The lowest BCUT2D eigenvalue weighted by molar-refractivity contribution is 0.0136. The number of nitrogens with zero attached hydrogens (tertiary/aromatic N) is 1. The standard InChI is InChI=1S/C17H32N2O3/c1-12(18-10-13-8-15(20)9-13)14-6-5-7-19(11-14)16(21)22-17(2,3)4/h12-15,18,20H,5-11H2,1-4H3. The average Bonchev–Trinajstić information content (AvgIpc) is 2.40. The van der Waals surface area contributed by atoms with E-state index in [1.165, 1.54) is 0 Å². The van der Waals surface area contributed by atoms with Crippen LogP contribution in [0.3, 0.4) is 0 Å². The number of nitrogens with one attached hydrogen (secondary N) is 1. The monoisotopic (exact) mass is 312 g/mol. The minimum Gasteiger partial charge on any atom is -0.444 e. The topological polar surface area (TPSA) is 61.8 Å². The van der Waals surface area contributed by atoms with Crippen LogP contribution in [0.25, 0.3) is 0 Å². The van der Waals surface area contributed by atoms with Crippen molar-refractivity contribution in [3.63, 3.8) is 0 Å². The molecule has 2 N–H and O–H groups in total. The highest BCUT2D eigenvalue weighted by molar-refractivity contribution is 5.68. The van der Waals surface area contributed by atoms with Gasteiger partial charge in [-0.2, -0.15) is 0 Å². The van der Waals surface area contributed by atoms with E-state index >= 15 is 0 Å². The van der Waals surface area contributed by atoms with Gasteiger partial charge in [-0.1, -0.05) is 0 Å². The van der Waals surface area contributed by atoms with E-state index in [0.717, 1.165) is 45.3 Å². The van der Waals surface area contributed by atoms with E-state index in [1.807, 2.05) is 25.7 Å². The number of hydrogen-bond donors (Lipinski definition) is 2. The maximum absolute atomic E-state index is 12.2. The maximum atomic E-state index is 12.2. The highest BCUT2D eigenvalue weighted by atomic mass is 16.6. The van der Waals surface area contributed by atoms with Crippen molar-refractivity contribution in [2.24, 2.45) is 11.8 Å². The van der Waals surface area contributed by atoms with Gasteiger partial charge in [0.25, 0.3) is 0 Å². The van der Waals surface area contributed by atoms with Crippen LogP contribution in [0.1, 0.15) is 53.4 Å². The van der Waals surface area contributed by atoms with E-state index in [9.17, 15) is 9.90 Å². The molecule has 1 saturated heterocycles. The van der Waals surface area contributed by atoms with Gasteiger partial charge in [-0.15, -0.1) is 0 Å². The SMILES string of the molecule is CC(NCC1CC(O)C1)C1CCCN(C(=O)OC(C)(C)C)C1. The third-order valence-electron chi connectivity index (χ3n) is 4.76. The normalized spacial score (nSPS) is 30.6. The van der Waals surface area contributed by atoms with Crippen molar-refractivity contribution < 1.29 is 14.6 Å². The molecular weight excluding hydrogens is 280 g/mol. The molecule has 0 aromatic carbocycles. The Morgan fingerprint density at radius 3 is 2.68 bits per heavy atom. The molecular formula is C17H32N2O3. The van der Waals surface area contributed by atoms with Crippen LogP contribution in [-0.4, -0.2) is 53.5 Å². The summed E-state index contributed by atoms with van der Waals surface area (Å²) in [4.78, 5) is 14.0.